The summed E-state index contributed by atoms with van der Waals surface area (Å²) >= 11 is 1.65. The third-order valence-corrected chi connectivity index (χ3v) is 6.93. The minimum Gasteiger partial charge on any atom is -0.310 e. The van der Waals surface area contributed by atoms with Crippen LogP contribution >= 0.6 is 11.8 Å². The van der Waals surface area contributed by atoms with Gasteiger partial charge >= 0.3 is 0 Å². The van der Waals surface area contributed by atoms with Gasteiger partial charge in [0.15, 0.2) is 5.82 Å². The molecule has 8 nitrogen and oxygen atoms in total. The largest absolute Gasteiger partial charge is 0.310 e. The van der Waals surface area contributed by atoms with Crippen molar-refractivity contribution in [3.63, 3.8) is 0 Å². The molecule has 6 rings (SSSR count). The summed E-state index contributed by atoms with van der Waals surface area (Å²) in [4.78, 5) is 23.4. The first-order chi connectivity index (χ1) is 16.2. The minimum absolute atomic E-state index is 0.206. The highest BCUT2D eigenvalue weighted by Gasteiger charge is 2.26. The third-order valence-electron chi connectivity index (χ3n) is 6.15. The zero-order valence-electron chi connectivity index (χ0n) is 18.2. The number of hydrogen-bond donors (Lipinski definition) is 1. The van der Waals surface area contributed by atoms with Crippen LogP contribution in [0.3, 0.4) is 0 Å². The van der Waals surface area contributed by atoms with Crippen LogP contribution in [0.15, 0.2) is 53.8 Å². The van der Waals surface area contributed by atoms with Gasteiger partial charge in [0, 0.05) is 35.5 Å². The third kappa shape index (κ3) is 3.82. The van der Waals surface area contributed by atoms with E-state index in [4.69, 9.17) is 0 Å². The smallest absolute Gasteiger partial charge is 0.256 e. The van der Waals surface area contributed by atoms with E-state index < -0.39 is 0 Å². The zero-order valence-corrected chi connectivity index (χ0v) is 19.0. The lowest BCUT2D eigenvalue weighted by Gasteiger charge is -2.11. The highest BCUT2D eigenvalue weighted by atomic mass is 32.2. The SMILES string of the molecule is CSc1ccc(C(=O)Nc2cccc(-c3nnc4n3CCC4)n2)cc1-n1cnc(C2CC2)c1. The number of fused-ring (bicyclic) bond motifs is 1. The van der Waals surface area contributed by atoms with Gasteiger partial charge in [-0.25, -0.2) is 9.97 Å². The summed E-state index contributed by atoms with van der Waals surface area (Å²) < 4.78 is 4.11. The van der Waals surface area contributed by atoms with Crippen molar-refractivity contribution in [3.8, 4) is 17.2 Å². The van der Waals surface area contributed by atoms with Crippen LogP contribution in [0, 0.1) is 0 Å². The number of aryl methyl sites for hydroxylation is 1. The number of thioether (sulfide) groups is 1. The molecule has 0 atom stereocenters. The second-order valence-electron chi connectivity index (χ2n) is 8.42. The second-order valence-corrected chi connectivity index (χ2v) is 9.27. The van der Waals surface area contributed by atoms with Crippen molar-refractivity contribution in [2.45, 2.75) is 43.0 Å². The molecule has 1 N–H and O–H groups in total. The number of carbonyl (C=O) groups is 1. The molecule has 1 amide bonds. The lowest BCUT2D eigenvalue weighted by molar-refractivity contribution is 0.102. The number of pyridine rings is 1. The summed E-state index contributed by atoms with van der Waals surface area (Å²) in [5.74, 6) is 2.61. The van der Waals surface area contributed by atoms with Crippen LogP contribution in [0.2, 0.25) is 0 Å². The number of aromatic nitrogens is 6. The minimum atomic E-state index is -0.206. The van der Waals surface area contributed by atoms with Crippen LogP contribution in [0.5, 0.6) is 0 Å². The maximum atomic E-state index is 13.1. The van der Waals surface area contributed by atoms with E-state index in [1.54, 1.807) is 17.8 Å². The molecule has 0 radical (unpaired) electrons. The predicted octanol–water partition coefficient (Wildman–Crippen LogP) is 4.32. The lowest BCUT2D eigenvalue weighted by atomic mass is 10.2. The number of imidazole rings is 1. The van der Waals surface area contributed by atoms with E-state index in [0.29, 0.717) is 23.0 Å². The number of nitrogens with one attached hydrogen (secondary N) is 1. The first kappa shape index (κ1) is 20.2. The number of amides is 1. The molecule has 1 aliphatic carbocycles. The van der Waals surface area contributed by atoms with E-state index in [-0.39, 0.29) is 5.91 Å². The fourth-order valence-electron chi connectivity index (χ4n) is 4.25. The molecular weight excluding hydrogens is 434 g/mol. The monoisotopic (exact) mass is 457 g/mol. The van der Waals surface area contributed by atoms with Gasteiger partial charge in [0.2, 0.25) is 0 Å². The van der Waals surface area contributed by atoms with Gasteiger partial charge in [-0.05, 0) is 55.9 Å². The lowest BCUT2D eigenvalue weighted by Crippen LogP contribution is -2.14. The molecule has 1 saturated carbocycles. The van der Waals surface area contributed by atoms with E-state index in [9.17, 15) is 4.79 Å². The predicted molar refractivity (Wildman–Crippen MR) is 127 cm³/mol. The number of carbonyl (C=O) groups excluding carboxylic acids is 1. The Morgan fingerprint density at radius 1 is 1.18 bits per heavy atom. The van der Waals surface area contributed by atoms with E-state index in [1.807, 2.05) is 47.5 Å². The number of hydrogen-bond acceptors (Lipinski definition) is 6. The standard InChI is InChI=1S/C24H23N7OS/c1-33-20-10-9-16(12-19(20)30-13-18(25-14-30)15-7-8-15)24(32)27-21-5-2-4-17(26-21)23-29-28-22-6-3-11-31(22)23/h2,4-5,9-10,12-15H,3,6-8,11H2,1H3,(H,26,27,32). The number of rotatable bonds is 6. The summed E-state index contributed by atoms with van der Waals surface area (Å²) in [6.07, 6.45) is 10.4. The number of benzene rings is 1. The first-order valence-corrected chi connectivity index (χ1v) is 12.4. The van der Waals surface area contributed by atoms with Crippen molar-refractivity contribution in [2.75, 3.05) is 11.6 Å². The quantitative estimate of drug-likeness (QED) is 0.434. The first-order valence-electron chi connectivity index (χ1n) is 11.1. The molecule has 2 aliphatic rings. The topological polar surface area (TPSA) is 90.5 Å². The van der Waals surface area contributed by atoms with Gasteiger partial charge in [0.1, 0.15) is 17.3 Å². The Morgan fingerprint density at radius 2 is 2.09 bits per heavy atom. The molecule has 0 saturated heterocycles. The molecule has 33 heavy (non-hydrogen) atoms. The Morgan fingerprint density at radius 3 is 2.94 bits per heavy atom. The van der Waals surface area contributed by atoms with Crippen molar-refractivity contribution >= 4 is 23.5 Å². The van der Waals surface area contributed by atoms with Crippen LogP contribution in [-0.4, -0.2) is 41.5 Å². The van der Waals surface area contributed by atoms with Gasteiger partial charge in [-0.2, -0.15) is 0 Å². The molecule has 0 bridgehead atoms. The fourth-order valence-corrected chi connectivity index (χ4v) is 4.83. The molecule has 0 unspecified atom stereocenters. The molecule has 3 aromatic heterocycles. The van der Waals surface area contributed by atoms with E-state index in [1.165, 1.54) is 12.8 Å². The molecule has 166 valence electrons. The normalized spacial score (nSPS) is 14.9. The Balaban J connectivity index is 1.26. The maximum absolute atomic E-state index is 13.1. The molecule has 9 heteroatoms. The van der Waals surface area contributed by atoms with E-state index >= 15 is 0 Å². The number of nitrogens with zero attached hydrogens (tertiary/aromatic N) is 6. The summed E-state index contributed by atoms with van der Waals surface area (Å²) in [6.45, 7) is 0.900. The van der Waals surface area contributed by atoms with Crippen LogP contribution < -0.4 is 5.32 Å². The van der Waals surface area contributed by atoms with Crippen LogP contribution in [0.25, 0.3) is 17.2 Å². The second kappa shape index (κ2) is 8.15. The Kier molecular flexibility index (Phi) is 4.98. The van der Waals surface area contributed by atoms with Gasteiger partial charge in [-0.15, -0.1) is 22.0 Å². The van der Waals surface area contributed by atoms with Crippen molar-refractivity contribution in [1.82, 2.24) is 29.3 Å². The Labute approximate surface area is 195 Å². The van der Waals surface area contributed by atoms with Gasteiger partial charge in [0.05, 0.1) is 17.7 Å². The highest BCUT2D eigenvalue weighted by Crippen LogP contribution is 2.39. The van der Waals surface area contributed by atoms with Gasteiger partial charge in [0.25, 0.3) is 5.91 Å². The van der Waals surface area contributed by atoms with Crippen molar-refractivity contribution < 1.29 is 4.79 Å². The van der Waals surface area contributed by atoms with Crippen molar-refractivity contribution in [2.24, 2.45) is 0 Å². The van der Waals surface area contributed by atoms with Gasteiger partial charge < -0.3 is 14.5 Å². The average molecular weight is 458 g/mol. The summed E-state index contributed by atoms with van der Waals surface area (Å²) in [6, 6.07) is 11.3. The zero-order chi connectivity index (χ0) is 22.4. The maximum Gasteiger partial charge on any atom is 0.256 e. The molecule has 4 heterocycles. The van der Waals surface area contributed by atoms with E-state index in [2.05, 4.69) is 36.2 Å². The fraction of sp³-hybridized carbons (Fsp3) is 0.292. The van der Waals surface area contributed by atoms with Crippen molar-refractivity contribution in [1.29, 1.82) is 0 Å². The molecule has 1 fully saturated rings. The Hall–Kier alpha value is -3.46. The molecular formula is C24H23N7OS. The Bertz CT molecular complexity index is 1350. The molecule has 1 aliphatic heterocycles. The van der Waals surface area contributed by atoms with E-state index in [0.717, 1.165) is 47.3 Å². The highest BCUT2D eigenvalue weighted by molar-refractivity contribution is 7.98. The van der Waals surface area contributed by atoms with Crippen molar-refractivity contribution in [3.05, 3.63) is 66.0 Å². The van der Waals surface area contributed by atoms with Crippen LogP contribution in [0.4, 0.5) is 5.82 Å². The van der Waals surface area contributed by atoms with Crippen LogP contribution in [-0.2, 0) is 13.0 Å². The molecule has 0 spiro atoms. The molecule has 1 aromatic carbocycles. The average Bonchev–Trinajstić information content (AvgIpc) is 3.22. The summed E-state index contributed by atoms with van der Waals surface area (Å²) in [5, 5.41) is 11.5. The van der Waals surface area contributed by atoms with Crippen LogP contribution in [0.1, 0.15) is 47.1 Å². The molecule has 4 aromatic rings. The van der Waals surface area contributed by atoms with Gasteiger partial charge in [-0.1, -0.05) is 6.07 Å². The van der Waals surface area contributed by atoms with Gasteiger partial charge in [-0.3, -0.25) is 4.79 Å². The number of anilines is 1. The summed E-state index contributed by atoms with van der Waals surface area (Å²) in [5.41, 5.74) is 3.35. The summed E-state index contributed by atoms with van der Waals surface area (Å²) in [7, 11) is 0.